The van der Waals surface area contributed by atoms with Crippen LogP contribution in [0.5, 0.6) is 0 Å². The van der Waals surface area contributed by atoms with Crippen molar-refractivity contribution in [3.63, 3.8) is 0 Å². The normalized spacial score (nSPS) is 11.1. The molecule has 0 amide bonds. The smallest absolute Gasteiger partial charge is 0.118 e. The monoisotopic (exact) mass is 244 g/mol. The zero-order chi connectivity index (χ0) is 12.8. The summed E-state index contributed by atoms with van der Waals surface area (Å²) in [6.45, 7) is 6.95. The van der Waals surface area contributed by atoms with E-state index in [1.54, 1.807) is 0 Å². The number of nitrogens with zero attached hydrogens (tertiary/aromatic N) is 2. The standard InChI is InChI=1S/C15H20N2O/c1-3-14-8-9-15(18-14)12-17(4-2)11-13-7-5-6-10-16-13/h5-10H,3-4,11-12H2,1-2H3. The molecule has 0 saturated carbocycles. The molecule has 0 aliphatic heterocycles. The van der Waals surface area contributed by atoms with Crippen LogP contribution in [0, 0.1) is 0 Å². The molecule has 2 rings (SSSR count). The lowest BCUT2D eigenvalue weighted by atomic mass is 10.3. The van der Waals surface area contributed by atoms with Crippen molar-refractivity contribution < 1.29 is 4.42 Å². The minimum atomic E-state index is 0.840. The van der Waals surface area contributed by atoms with Crippen molar-refractivity contribution in [2.75, 3.05) is 6.54 Å². The summed E-state index contributed by atoms with van der Waals surface area (Å²) in [5.41, 5.74) is 1.10. The highest BCUT2D eigenvalue weighted by atomic mass is 16.3. The zero-order valence-electron chi connectivity index (χ0n) is 11.1. The number of aryl methyl sites for hydroxylation is 1. The highest BCUT2D eigenvalue weighted by molar-refractivity contribution is 5.08. The van der Waals surface area contributed by atoms with Gasteiger partial charge >= 0.3 is 0 Å². The molecule has 18 heavy (non-hydrogen) atoms. The first-order chi connectivity index (χ1) is 8.81. The van der Waals surface area contributed by atoms with Crippen LogP contribution in [0.1, 0.15) is 31.1 Å². The van der Waals surface area contributed by atoms with Gasteiger partial charge in [-0.15, -0.1) is 0 Å². The molecule has 3 heteroatoms. The van der Waals surface area contributed by atoms with E-state index in [0.717, 1.165) is 43.3 Å². The Hall–Kier alpha value is -1.61. The molecule has 2 aromatic rings. The lowest BCUT2D eigenvalue weighted by Gasteiger charge is -2.18. The van der Waals surface area contributed by atoms with Gasteiger partial charge in [-0.1, -0.05) is 19.9 Å². The molecule has 0 aromatic carbocycles. The Labute approximate surface area is 108 Å². The van der Waals surface area contributed by atoms with Crippen molar-refractivity contribution in [2.24, 2.45) is 0 Å². The Balaban J connectivity index is 1.97. The van der Waals surface area contributed by atoms with Gasteiger partial charge in [-0.3, -0.25) is 9.88 Å². The SMILES string of the molecule is CCc1ccc(CN(CC)Cc2ccccn2)o1. The number of aromatic nitrogens is 1. The lowest BCUT2D eigenvalue weighted by molar-refractivity contribution is 0.242. The molecule has 0 unspecified atom stereocenters. The van der Waals surface area contributed by atoms with Gasteiger partial charge in [0.2, 0.25) is 0 Å². The van der Waals surface area contributed by atoms with E-state index in [-0.39, 0.29) is 0 Å². The third-order valence-electron chi connectivity index (χ3n) is 3.00. The Bertz CT molecular complexity index is 464. The number of hydrogen-bond acceptors (Lipinski definition) is 3. The van der Waals surface area contributed by atoms with Crippen molar-refractivity contribution in [1.29, 1.82) is 0 Å². The summed E-state index contributed by atoms with van der Waals surface area (Å²) in [6.07, 6.45) is 2.79. The maximum atomic E-state index is 5.74. The average Bonchev–Trinajstić information content (AvgIpc) is 2.87. The van der Waals surface area contributed by atoms with Gasteiger partial charge in [0.25, 0.3) is 0 Å². The second kappa shape index (κ2) is 6.36. The Morgan fingerprint density at radius 1 is 1.06 bits per heavy atom. The zero-order valence-corrected chi connectivity index (χ0v) is 11.1. The maximum absolute atomic E-state index is 5.74. The molecule has 0 spiro atoms. The van der Waals surface area contributed by atoms with Crippen LogP contribution in [0.25, 0.3) is 0 Å². The Kier molecular flexibility index (Phi) is 4.53. The van der Waals surface area contributed by atoms with E-state index in [1.807, 2.05) is 18.3 Å². The van der Waals surface area contributed by atoms with E-state index in [2.05, 4.69) is 41.9 Å². The van der Waals surface area contributed by atoms with Crippen LogP contribution in [0.3, 0.4) is 0 Å². The minimum absolute atomic E-state index is 0.840. The molecule has 0 atom stereocenters. The van der Waals surface area contributed by atoms with Gasteiger partial charge in [0, 0.05) is 19.2 Å². The van der Waals surface area contributed by atoms with Crippen LogP contribution in [-0.4, -0.2) is 16.4 Å². The molecule has 0 aliphatic rings. The molecule has 0 bridgehead atoms. The van der Waals surface area contributed by atoms with Gasteiger partial charge in [-0.25, -0.2) is 0 Å². The van der Waals surface area contributed by atoms with E-state index in [1.165, 1.54) is 0 Å². The summed E-state index contributed by atoms with van der Waals surface area (Å²) in [6, 6.07) is 10.2. The highest BCUT2D eigenvalue weighted by Crippen LogP contribution is 2.12. The minimum Gasteiger partial charge on any atom is -0.465 e. The molecule has 3 nitrogen and oxygen atoms in total. The van der Waals surface area contributed by atoms with Gasteiger partial charge in [-0.2, -0.15) is 0 Å². The van der Waals surface area contributed by atoms with Crippen LogP contribution in [0.4, 0.5) is 0 Å². The van der Waals surface area contributed by atoms with Crippen molar-refractivity contribution in [3.05, 3.63) is 53.7 Å². The third-order valence-corrected chi connectivity index (χ3v) is 3.00. The molecule has 0 N–H and O–H groups in total. The molecule has 0 radical (unpaired) electrons. The molecular formula is C15H20N2O. The van der Waals surface area contributed by atoms with Crippen LogP contribution in [0.2, 0.25) is 0 Å². The summed E-state index contributed by atoms with van der Waals surface area (Å²) in [4.78, 5) is 6.68. The molecule has 96 valence electrons. The molecule has 0 saturated heterocycles. The van der Waals surface area contributed by atoms with Gasteiger partial charge < -0.3 is 4.42 Å². The van der Waals surface area contributed by atoms with E-state index < -0.39 is 0 Å². The molecular weight excluding hydrogens is 224 g/mol. The fourth-order valence-electron chi connectivity index (χ4n) is 1.92. The fraction of sp³-hybridized carbons (Fsp3) is 0.400. The van der Waals surface area contributed by atoms with Gasteiger partial charge in [-0.05, 0) is 30.8 Å². The van der Waals surface area contributed by atoms with Gasteiger partial charge in [0.15, 0.2) is 0 Å². The van der Waals surface area contributed by atoms with Crippen molar-refractivity contribution in [2.45, 2.75) is 33.4 Å². The molecule has 0 aliphatic carbocycles. The molecule has 0 fully saturated rings. The van der Waals surface area contributed by atoms with Crippen LogP contribution in [0.15, 0.2) is 40.9 Å². The van der Waals surface area contributed by atoms with Gasteiger partial charge in [0.1, 0.15) is 11.5 Å². The first-order valence-electron chi connectivity index (χ1n) is 6.51. The fourth-order valence-corrected chi connectivity index (χ4v) is 1.92. The predicted molar refractivity (Wildman–Crippen MR) is 72.1 cm³/mol. The molecule has 2 aromatic heterocycles. The highest BCUT2D eigenvalue weighted by Gasteiger charge is 2.08. The summed E-state index contributed by atoms with van der Waals surface area (Å²) in [5, 5.41) is 0. The van der Waals surface area contributed by atoms with Gasteiger partial charge in [0.05, 0.1) is 12.2 Å². The average molecular weight is 244 g/mol. The van der Waals surface area contributed by atoms with Crippen molar-refractivity contribution >= 4 is 0 Å². The topological polar surface area (TPSA) is 29.3 Å². The first-order valence-corrected chi connectivity index (χ1v) is 6.51. The van der Waals surface area contributed by atoms with Crippen LogP contribution < -0.4 is 0 Å². The first kappa shape index (κ1) is 12.8. The van der Waals surface area contributed by atoms with Crippen molar-refractivity contribution in [3.8, 4) is 0 Å². The van der Waals surface area contributed by atoms with E-state index in [9.17, 15) is 0 Å². The molecule has 2 heterocycles. The number of hydrogen-bond donors (Lipinski definition) is 0. The predicted octanol–water partition coefficient (Wildman–Crippen LogP) is 3.26. The second-order valence-electron chi connectivity index (χ2n) is 4.35. The maximum Gasteiger partial charge on any atom is 0.118 e. The Morgan fingerprint density at radius 3 is 2.50 bits per heavy atom. The Morgan fingerprint density at radius 2 is 1.89 bits per heavy atom. The third kappa shape index (κ3) is 3.44. The number of pyridine rings is 1. The van der Waals surface area contributed by atoms with Crippen LogP contribution in [-0.2, 0) is 19.5 Å². The summed E-state index contributed by atoms with van der Waals surface area (Å²) in [7, 11) is 0. The van der Waals surface area contributed by atoms with Crippen molar-refractivity contribution in [1.82, 2.24) is 9.88 Å². The van der Waals surface area contributed by atoms with E-state index in [4.69, 9.17) is 4.42 Å². The van der Waals surface area contributed by atoms with E-state index in [0.29, 0.717) is 0 Å². The number of furan rings is 1. The largest absolute Gasteiger partial charge is 0.465 e. The van der Waals surface area contributed by atoms with E-state index >= 15 is 0 Å². The quantitative estimate of drug-likeness (QED) is 0.781. The second-order valence-corrected chi connectivity index (χ2v) is 4.35. The lowest BCUT2D eigenvalue weighted by Crippen LogP contribution is -2.22. The summed E-state index contributed by atoms with van der Waals surface area (Å²) in [5.74, 6) is 2.09. The van der Waals surface area contributed by atoms with Crippen LogP contribution >= 0.6 is 0 Å². The summed E-state index contributed by atoms with van der Waals surface area (Å²) < 4.78 is 5.74. The number of rotatable bonds is 6. The summed E-state index contributed by atoms with van der Waals surface area (Å²) >= 11 is 0.